The van der Waals surface area contributed by atoms with Crippen molar-refractivity contribution >= 4 is 11.9 Å². The number of piperazine rings is 1. The van der Waals surface area contributed by atoms with Crippen LogP contribution in [0.1, 0.15) is 10.4 Å². The second-order valence-corrected chi connectivity index (χ2v) is 6.42. The molecular weight excluding hydrogens is 382 g/mol. The summed E-state index contributed by atoms with van der Waals surface area (Å²) in [5, 5.41) is 4.02. The van der Waals surface area contributed by atoms with Gasteiger partial charge in [0.2, 0.25) is 0 Å². The Morgan fingerprint density at radius 1 is 1.00 bits per heavy atom. The lowest BCUT2D eigenvalue weighted by molar-refractivity contribution is -0.0502. The van der Waals surface area contributed by atoms with Crippen LogP contribution in [0, 0.1) is 0 Å². The highest BCUT2D eigenvalue weighted by atomic mass is 19.3. The lowest BCUT2D eigenvalue weighted by atomic mass is 10.1. The number of halogens is 2. The number of hydrogen-bond acceptors (Lipinski definition) is 6. The summed E-state index contributed by atoms with van der Waals surface area (Å²) in [5.41, 5.74) is 0.947. The van der Waals surface area contributed by atoms with Gasteiger partial charge in [0.25, 0.3) is 17.7 Å². The Morgan fingerprint density at radius 3 is 2.41 bits per heavy atom. The van der Waals surface area contributed by atoms with Crippen LogP contribution in [-0.4, -0.2) is 53.7 Å². The maximum Gasteiger partial charge on any atom is 0.387 e. The van der Waals surface area contributed by atoms with Crippen molar-refractivity contribution in [3.63, 3.8) is 0 Å². The third-order valence-corrected chi connectivity index (χ3v) is 4.62. The average molecular weight is 400 g/mol. The minimum atomic E-state index is -2.99. The van der Waals surface area contributed by atoms with E-state index in [1.165, 1.54) is 12.1 Å². The van der Waals surface area contributed by atoms with Gasteiger partial charge >= 0.3 is 6.61 Å². The van der Waals surface area contributed by atoms with Crippen LogP contribution in [0.15, 0.2) is 59.1 Å². The number of para-hydroxylation sites is 1. The first-order valence-corrected chi connectivity index (χ1v) is 9.09. The fraction of sp³-hybridized carbons (Fsp3) is 0.250. The Bertz CT molecular complexity index is 973. The van der Waals surface area contributed by atoms with Crippen molar-refractivity contribution in [3.05, 3.63) is 60.2 Å². The van der Waals surface area contributed by atoms with Crippen LogP contribution in [0.2, 0.25) is 0 Å². The predicted octanol–water partition coefficient (Wildman–Crippen LogP) is 3.30. The van der Waals surface area contributed by atoms with E-state index in [0.717, 1.165) is 5.56 Å². The lowest BCUT2D eigenvalue weighted by Crippen LogP contribution is -2.49. The monoisotopic (exact) mass is 400 g/mol. The maximum atomic E-state index is 12.8. The highest BCUT2D eigenvalue weighted by molar-refractivity contribution is 5.97. The van der Waals surface area contributed by atoms with Gasteiger partial charge in [0.15, 0.2) is 0 Å². The number of aromatic nitrogens is 2. The number of carbonyl (C=O) groups excluding carboxylic acids is 1. The van der Waals surface area contributed by atoms with E-state index in [1.807, 2.05) is 35.2 Å². The van der Waals surface area contributed by atoms with Gasteiger partial charge in [-0.3, -0.25) is 4.79 Å². The van der Waals surface area contributed by atoms with E-state index < -0.39 is 6.61 Å². The Kier molecular flexibility index (Phi) is 5.37. The molecule has 0 aliphatic carbocycles. The number of benzene rings is 2. The van der Waals surface area contributed by atoms with Gasteiger partial charge in [-0.05, 0) is 29.4 Å². The van der Waals surface area contributed by atoms with Crippen molar-refractivity contribution in [2.75, 3.05) is 31.1 Å². The fourth-order valence-electron chi connectivity index (χ4n) is 3.16. The van der Waals surface area contributed by atoms with E-state index in [0.29, 0.717) is 38.0 Å². The molecule has 2 heterocycles. The summed E-state index contributed by atoms with van der Waals surface area (Å²) in [7, 11) is 0. The molecule has 1 aliphatic heterocycles. The smallest absolute Gasteiger partial charge is 0.387 e. The van der Waals surface area contributed by atoms with Crippen LogP contribution in [0.4, 0.5) is 14.7 Å². The molecular formula is C20H18F2N4O3. The van der Waals surface area contributed by atoms with Gasteiger partial charge in [0, 0.05) is 31.7 Å². The summed E-state index contributed by atoms with van der Waals surface area (Å²) in [6.45, 7) is -1.19. The van der Waals surface area contributed by atoms with Crippen molar-refractivity contribution in [1.82, 2.24) is 15.0 Å². The van der Waals surface area contributed by atoms with Gasteiger partial charge in [-0.25, -0.2) is 0 Å². The topological polar surface area (TPSA) is 71.7 Å². The molecule has 1 amide bonds. The zero-order chi connectivity index (χ0) is 20.2. The Labute approximate surface area is 165 Å². The molecule has 0 atom stereocenters. The van der Waals surface area contributed by atoms with Crippen LogP contribution in [0.25, 0.3) is 11.5 Å². The number of ether oxygens (including phenoxy) is 1. The first-order valence-electron chi connectivity index (χ1n) is 9.09. The minimum absolute atomic E-state index is 0.118. The highest BCUT2D eigenvalue weighted by Gasteiger charge is 2.27. The van der Waals surface area contributed by atoms with E-state index in [2.05, 4.69) is 14.9 Å². The zero-order valence-electron chi connectivity index (χ0n) is 15.4. The number of anilines is 1. The van der Waals surface area contributed by atoms with Crippen LogP contribution < -0.4 is 9.64 Å². The van der Waals surface area contributed by atoms with Gasteiger partial charge in [-0.15, -0.1) is 0 Å². The van der Waals surface area contributed by atoms with Gasteiger partial charge < -0.3 is 19.1 Å². The van der Waals surface area contributed by atoms with E-state index in [9.17, 15) is 13.6 Å². The zero-order valence-corrected chi connectivity index (χ0v) is 15.4. The van der Waals surface area contributed by atoms with Crippen molar-refractivity contribution in [3.8, 4) is 17.2 Å². The number of rotatable bonds is 5. The lowest BCUT2D eigenvalue weighted by Gasteiger charge is -2.34. The molecule has 1 aliphatic rings. The molecule has 2 aromatic carbocycles. The molecule has 3 aromatic rings. The van der Waals surface area contributed by atoms with Gasteiger partial charge in [-0.1, -0.05) is 30.3 Å². The number of carbonyl (C=O) groups is 1. The highest BCUT2D eigenvalue weighted by Crippen LogP contribution is 2.24. The van der Waals surface area contributed by atoms with E-state index in [-0.39, 0.29) is 17.2 Å². The molecule has 1 fully saturated rings. The van der Waals surface area contributed by atoms with Crippen molar-refractivity contribution < 1.29 is 22.8 Å². The molecule has 29 heavy (non-hydrogen) atoms. The molecule has 0 N–H and O–H groups in total. The summed E-state index contributed by atoms with van der Waals surface area (Å²) in [6.07, 6.45) is 0. The van der Waals surface area contributed by atoms with Gasteiger partial charge in [-0.2, -0.15) is 13.8 Å². The molecule has 0 spiro atoms. The maximum absolute atomic E-state index is 12.8. The third kappa shape index (κ3) is 4.18. The average Bonchev–Trinajstić information content (AvgIpc) is 3.24. The second kappa shape index (κ2) is 8.26. The standard InChI is InChI=1S/C20H18F2N4O3/c21-19(22)28-16-9-5-4-8-15(16)18(27)25-10-12-26(13-11-25)20-23-17(29-24-20)14-6-2-1-3-7-14/h1-9,19H,10-13H2. The van der Waals surface area contributed by atoms with Crippen LogP contribution in [0.5, 0.6) is 5.75 Å². The second-order valence-electron chi connectivity index (χ2n) is 6.42. The molecule has 0 radical (unpaired) electrons. The molecule has 4 rings (SSSR count). The Hall–Kier alpha value is -3.49. The van der Waals surface area contributed by atoms with Gasteiger partial charge in [0.1, 0.15) is 5.75 Å². The minimum Gasteiger partial charge on any atom is -0.434 e. The van der Waals surface area contributed by atoms with Crippen molar-refractivity contribution in [1.29, 1.82) is 0 Å². The molecule has 0 unspecified atom stereocenters. The molecule has 1 saturated heterocycles. The van der Waals surface area contributed by atoms with E-state index in [4.69, 9.17) is 4.52 Å². The molecule has 1 aromatic heterocycles. The SMILES string of the molecule is O=C(c1ccccc1OC(F)F)N1CCN(c2noc(-c3ccccc3)n2)CC1. The summed E-state index contributed by atoms with van der Waals surface area (Å²) >= 11 is 0. The Balaban J connectivity index is 1.41. The number of amides is 1. The summed E-state index contributed by atoms with van der Waals surface area (Å²) in [6, 6.07) is 15.5. The number of alkyl halides is 2. The quantitative estimate of drug-likeness (QED) is 0.655. The summed E-state index contributed by atoms with van der Waals surface area (Å²) in [5.74, 6) is 0.411. The predicted molar refractivity (Wildman–Crippen MR) is 101 cm³/mol. The fourth-order valence-corrected chi connectivity index (χ4v) is 3.16. The molecule has 9 heteroatoms. The van der Waals surface area contributed by atoms with Crippen molar-refractivity contribution in [2.45, 2.75) is 6.61 Å². The Morgan fingerprint density at radius 2 is 1.69 bits per heavy atom. The molecule has 150 valence electrons. The van der Waals surface area contributed by atoms with Gasteiger partial charge in [0.05, 0.1) is 5.56 Å². The normalized spacial score (nSPS) is 14.3. The largest absolute Gasteiger partial charge is 0.434 e. The van der Waals surface area contributed by atoms with Crippen LogP contribution in [0.3, 0.4) is 0 Å². The molecule has 0 bridgehead atoms. The number of hydrogen-bond donors (Lipinski definition) is 0. The van der Waals surface area contributed by atoms with E-state index >= 15 is 0 Å². The first kappa shape index (κ1) is 18.9. The summed E-state index contributed by atoms with van der Waals surface area (Å²) in [4.78, 5) is 20.7. The first-order chi connectivity index (χ1) is 14.1. The van der Waals surface area contributed by atoms with Crippen LogP contribution >= 0.6 is 0 Å². The molecule has 7 nitrogen and oxygen atoms in total. The van der Waals surface area contributed by atoms with Crippen molar-refractivity contribution in [2.24, 2.45) is 0 Å². The number of nitrogens with zero attached hydrogens (tertiary/aromatic N) is 4. The third-order valence-electron chi connectivity index (χ3n) is 4.62. The molecule has 0 saturated carbocycles. The van der Waals surface area contributed by atoms with Crippen LogP contribution in [-0.2, 0) is 0 Å². The summed E-state index contributed by atoms with van der Waals surface area (Å²) < 4.78 is 35.0. The van der Waals surface area contributed by atoms with E-state index in [1.54, 1.807) is 17.0 Å².